The van der Waals surface area contributed by atoms with Crippen LogP contribution in [0.4, 0.5) is 5.69 Å². The first-order valence-corrected chi connectivity index (χ1v) is 8.14. The summed E-state index contributed by atoms with van der Waals surface area (Å²) in [7, 11) is -3.70. The summed E-state index contributed by atoms with van der Waals surface area (Å²) in [5.74, 6) is -1.85. The largest absolute Gasteiger partial charge is 0.481 e. The Balaban J connectivity index is 1.95. The van der Waals surface area contributed by atoms with E-state index in [0.717, 1.165) is 12.8 Å². The van der Waals surface area contributed by atoms with Crippen molar-refractivity contribution in [3.63, 3.8) is 0 Å². The summed E-state index contributed by atoms with van der Waals surface area (Å²) >= 11 is 0. The van der Waals surface area contributed by atoms with Gasteiger partial charge in [-0.05, 0) is 37.1 Å². The second-order valence-corrected chi connectivity index (χ2v) is 6.73. The van der Waals surface area contributed by atoms with Crippen LogP contribution in [0.15, 0.2) is 24.3 Å². The topological polar surface area (TPSA) is 113 Å². The van der Waals surface area contributed by atoms with E-state index in [-0.39, 0.29) is 11.9 Å². The number of carboxylic acid groups (broad SMARTS) is 1. The third-order valence-corrected chi connectivity index (χ3v) is 4.21. The van der Waals surface area contributed by atoms with E-state index in [1.165, 1.54) is 24.3 Å². The summed E-state index contributed by atoms with van der Waals surface area (Å²) in [6.45, 7) is 0. The van der Waals surface area contributed by atoms with Crippen molar-refractivity contribution < 1.29 is 23.1 Å². The Bertz CT molecular complexity index is 635. The number of rotatable bonds is 7. The van der Waals surface area contributed by atoms with Crippen LogP contribution in [0.5, 0.6) is 0 Å². The lowest BCUT2D eigenvalue weighted by Crippen LogP contribution is -2.25. The predicted octanol–water partition coefficient (Wildman–Crippen LogP) is 0.795. The van der Waals surface area contributed by atoms with Gasteiger partial charge in [0.05, 0.1) is 12.2 Å². The van der Waals surface area contributed by atoms with Gasteiger partial charge in [0.15, 0.2) is 0 Å². The number of hydrogen-bond acceptors (Lipinski definition) is 4. The van der Waals surface area contributed by atoms with Gasteiger partial charge in [0, 0.05) is 17.3 Å². The van der Waals surface area contributed by atoms with Gasteiger partial charge < -0.3 is 10.4 Å². The SMILES string of the molecule is O=C(O)CCS(=O)(=O)Nc1ccc(C(=O)NC2CC2)cc1. The van der Waals surface area contributed by atoms with Gasteiger partial charge in [-0.25, -0.2) is 8.42 Å². The number of anilines is 1. The molecule has 21 heavy (non-hydrogen) atoms. The van der Waals surface area contributed by atoms with Gasteiger partial charge in [-0.1, -0.05) is 0 Å². The fraction of sp³-hybridized carbons (Fsp3) is 0.385. The van der Waals surface area contributed by atoms with Crippen LogP contribution in [-0.4, -0.2) is 37.2 Å². The van der Waals surface area contributed by atoms with Crippen molar-refractivity contribution in [3.8, 4) is 0 Å². The molecule has 8 heteroatoms. The molecular formula is C13H16N2O5S. The summed E-state index contributed by atoms with van der Waals surface area (Å²) in [6.07, 6.45) is 1.53. The van der Waals surface area contributed by atoms with E-state index in [4.69, 9.17) is 5.11 Å². The molecule has 0 aliphatic heterocycles. The van der Waals surface area contributed by atoms with E-state index < -0.39 is 28.2 Å². The summed E-state index contributed by atoms with van der Waals surface area (Å²) in [6, 6.07) is 6.24. The Morgan fingerprint density at radius 3 is 2.33 bits per heavy atom. The first-order chi connectivity index (χ1) is 9.85. The van der Waals surface area contributed by atoms with E-state index in [0.29, 0.717) is 11.3 Å². The molecule has 1 saturated carbocycles. The van der Waals surface area contributed by atoms with Crippen molar-refractivity contribution in [3.05, 3.63) is 29.8 Å². The molecule has 0 radical (unpaired) electrons. The highest BCUT2D eigenvalue weighted by Gasteiger charge is 2.23. The molecule has 0 heterocycles. The van der Waals surface area contributed by atoms with Gasteiger partial charge >= 0.3 is 5.97 Å². The standard InChI is InChI=1S/C13H16N2O5S/c16-12(17)7-8-21(19,20)15-11-3-1-9(2-4-11)13(18)14-10-5-6-10/h1-4,10,15H,5-8H2,(H,14,18)(H,16,17). The minimum Gasteiger partial charge on any atom is -0.481 e. The van der Waals surface area contributed by atoms with Crippen LogP contribution in [0.2, 0.25) is 0 Å². The van der Waals surface area contributed by atoms with Gasteiger partial charge in [0.25, 0.3) is 5.91 Å². The summed E-state index contributed by atoms with van der Waals surface area (Å²) in [5, 5.41) is 11.3. The van der Waals surface area contributed by atoms with Gasteiger partial charge in [-0.15, -0.1) is 0 Å². The lowest BCUT2D eigenvalue weighted by Gasteiger charge is -2.08. The van der Waals surface area contributed by atoms with Gasteiger partial charge in [-0.3, -0.25) is 14.3 Å². The number of aliphatic carboxylic acids is 1. The molecular weight excluding hydrogens is 296 g/mol. The number of carbonyl (C=O) groups excluding carboxylic acids is 1. The highest BCUT2D eigenvalue weighted by molar-refractivity contribution is 7.92. The van der Waals surface area contributed by atoms with E-state index in [1.807, 2.05) is 0 Å². The molecule has 0 unspecified atom stereocenters. The number of hydrogen-bond donors (Lipinski definition) is 3. The van der Waals surface area contributed by atoms with Crippen LogP contribution in [-0.2, 0) is 14.8 Å². The van der Waals surface area contributed by atoms with E-state index >= 15 is 0 Å². The third-order valence-electron chi connectivity index (χ3n) is 2.92. The predicted molar refractivity (Wildman–Crippen MR) is 76.6 cm³/mol. The molecule has 0 atom stereocenters. The second kappa shape index (κ2) is 6.13. The molecule has 1 aromatic rings. The van der Waals surface area contributed by atoms with Crippen LogP contribution < -0.4 is 10.0 Å². The molecule has 114 valence electrons. The normalized spacial score (nSPS) is 14.5. The Labute approximate surface area is 122 Å². The molecule has 1 fully saturated rings. The fourth-order valence-corrected chi connectivity index (χ4v) is 2.68. The highest BCUT2D eigenvalue weighted by Crippen LogP contribution is 2.19. The number of nitrogens with one attached hydrogen (secondary N) is 2. The molecule has 0 bridgehead atoms. The lowest BCUT2D eigenvalue weighted by molar-refractivity contribution is -0.136. The number of amides is 1. The molecule has 0 saturated heterocycles. The molecule has 7 nitrogen and oxygen atoms in total. The zero-order chi connectivity index (χ0) is 15.5. The second-order valence-electron chi connectivity index (χ2n) is 4.89. The Morgan fingerprint density at radius 1 is 1.19 bits per heavy atom. The van der Waals surface area contributed by atoms with Crippen molar-refractivity contribution in [1.29, 1.82) is 0 Å². The number of carbonyl (C=O) groups is 2. The Morgan fingerprint density at radius 2 is 1.81 bits per heavy atom. The van der Waals surface area contributed by atoms with Crippen molar-refractivity contribution in [2.24, 2.45) is 0 Å². The van der Waals surface area contributed by atoms with Gasteiger partial charge in [0.1, 0.15) is 0 Å². The highest BCUT2D eigenvalue weighted by atomic mass is 32.2. The van der Waals surface area contributed by atoms with Crippen LogP contribution in [0.25, 0.3) is 0 Å². The Kier molecular flexibility index (Phi) is 4.46. The summed E-state index contributed by atoms with van der Waals surface area (Å²) in [5.41, 5.74) is 0.749. The zero-order valence-electron chi connectivity index (χ0n) is 11.2. The third kappa shape index (κ3) is 5.07. The molecule has 0 aromatic heterocycles. The monoisotopic (exact) mass is 312 g/mol. The van der Waals surface area contributed by atoms with Crippen LogP contribution in [0.1, 0.15) is 29.6 Å². The molecule has 1 aliphatic carbocycles. The number of carboxylic acids is 1. The smallest absolute Gasteiger partial charge is 0.304 e. The fourth-order valence-electron chi connectivity index (χ4n) is 1.64. The molecule has 1 amide bonds. The average molecular weight is 312 g/mol. The number of benzene rings is 1. The Hall–Kier alpha value is -2.09. The summed E-state index contributed by atoms with van der Waals surface area (Å²) in [4.78, 5) is 22.1. The van der Waals surface area contributed by atoms with E-state index in [1.54, 1.807) is 0 Å². The minimum absolute atomic E-state index is 0.183. The quantitative estimate of drug-likeness (QED) is 0.689. The maximum absolute atomic E-state index is 11.8. The van der Waals surface area contributed by atoms with Crippen LogP contribution in [0.3, 0.4) is 0 Å². The first-order valence-electron chi connectivity index (χ1n) is 6.49. The van der Waals surface area contributed by atoms with Gasteiger partial charge in [-0.2, -0.15) is 0 Å². The van der Waals surface area contributed by atoms with E-state index in [9.17, 15) is 18.0 Å². The lowest BCUT2D eigenvalue weighted by atomic mass is 10.2. The number of sulfonamides is 1. The van der Waals surface area contributed by atoms with Crippen LogP contribution >= 0.6 is 0 Å². The van der Waals surface area contributed by atoms with E-state index in [2.05, 4.69) is 10.0 Å². The summed E-state index contributed by atoms with van der Waals surface area (Å²) < 4.78 is 25.5. The van der Waals surface area contributed by atoms with Crippen molar-refractivity contribution >= 4 is 27.6 Å². The van der Waals surface area contributed by atoms with Crippen molar-refractivity contribution in [2.45, 2.75) is 25.3 Å². The zero-order valence-corrected chi connectivity index (χ0v) is 12.0. The molecule has 1 aliphatic rings. The molecule has 3 N–H and O–H groups in total. The van der Waals surface area contributed by atoms with Crippen LogP contribution in [0, 0.1) is 0 Å². The molecule has 1 aromatic carbocycles. The average Bonchev–Trinajstić information content (AvgIpc) is 3.21. The maximum atomic E-state index is 11.8. The maximum Gasteiger partial charge on any atom is 0.304 e. The van der Waals surface area contributed by atoms with Crippen molar-refractivity contribution in [1.82, 2.24) is 5.32 Å². The molecule has 2 rings (SSSR count). The first kappa shape index (κ1) is 15.3. The van der Waals surface area contributed by atoms with Crippen molar-refractivity contribution in [2.75, 3.05) is 10.5 Å². The minimum atomic E-state index is -3.70. The van der Waals surface area contributed by atoms with Gasteiger partial charge in [0.2, 0.25) is 10.0 Å². The molecule has 0 spiro atoms.